The minimum Gasteiger partial charge on any atom is -0.333 e. The van der Waals surface area contributed by atoms with Gasteiger partial charge in [-0.05, 0) is 36.0 Å². The van der Waals surface area contributed by atoms with Crippen molar-refractivity contribution in [2.45, 2.75) is 25.8 Å². The molecule has 2 nitrogen and oxygen atoms in total. The summed E-state index contributed by atoms with van der Waals surface area (Å²) in [6.07, 6.45) is 9.56. The van der Waals surface area contributed by atoms with Crippen molar-refractivity contribution in [1.29, 1.82) is 0 Å². The molecule has 0 unspecified atom stereocenters. The van der Waals surface area contributed by atoms with Crippen LogP contribution in [0, 0.1) is 0 Å². The molecule has 0 saturated heterocycles. The van der Waals surface area contributed by atoms with Gasteiger partial charge in [0.1, 0.15) is 0 Å². The monoisotopic (exact) mass is 198 g/mol. The number of aryl methyl sites for hydroxylation is 1. The van der Waals surface area contributed by atoms with Gasteiger partial charge in [-0.2, -0.15) is 0 Å². The summed E-state index contributed by atoms with van der Waals surface area (Å²) in [5.41, 5.74) is 4.59. The summed E-state index contributed by atoms with van der Waals surface area (Å²) < 4.78 is 2.13. The van der Waals surface area contributed by atoms with Gasteiger partial charge in [-0.1, -0.05) is 18.2 Å². The molecule has 0 fully saturated rings. The number of benzene rings is 1. The van der Waals surface area contributed by atoms with Crippen molar-refractivity contribution in [2.24, 2.45) is 0 Å². The van der Waals surface area contributed by atoms with Gasteiger partial charge in [-0.3, -0.25) is 0 Å². The molecule has 3 rings (SSSR count). The van der Waals surface area contributed by atoms with Crippen LogP contribution in [0.15, 0.2) is 36.9 Å². The highest BCUT2D eigenvalue weighted by molar-refractivity contribution is 5.38. The van der Waals surface area contributed by atoms with E-state index in [1.807, 2.05) is 18.7 Å². The van der Waals surface area contributed by atoms with Gasteiger partial charge < -0.3 is 4.57 Å². The van der Waals surface area contributed by atoms with E-state index < -0.39 is 0 Å². The molecule has 1 aromatic carbocycles. The fourth-order valence-corrected chi connectivity index (χ4v) is 2.42. The van der Waals surface area contributed by atoms with Crippen LogP contribution in [-0.2, 0) is 19.4 Å². The maximum absolute atomic E-state index is 4.07. The second-order valence-corrected chi connectivity index (χ2v) is 4.14. The Morgan fingerprint density at radius 3 is 3.13 bits per heavy atom. The zero-order chi connectivity index (χ0) is 10.1. The highest BCUT2D eigenvalue weighted by atomic mass is 15.0. The largest absolute Gasteiger partial charge is 0.333 e. The van der Waals surface area contributed by atoms with Crippen LogP contribution in [0.25, 0.3) is 0 Å². The highest BCUT2D eigenvalue weighted by Gasteiger charge is 2.13. The second-order valence-electron chi connectivity index (χ2n) is 4.14. The Morgan fingerprint density at radius 2 is 2.27 bits per heavy atom. The third kappa shape index (κ3) is 1.56. The third-order valence-corrected chi connectivity index (χ3v) is 3.16. The Bertz CT molecular complexity index is 457. The van der Waals surface area contributed by atoms with Crippen LogP contribution in [0.3, 0.4) is 0 Å². The summed E-state index contributed by atoms with van der Waals surface area (Å²) >= 11 is 0. The summed E-state index contributed by atoms with van der Waals surface area (Å²) in [5, 5.41) is 0. The number of nitrogens with zero attached hydrogens (tertiary/aromatic N) is 2. The standard InChI is InChI=1S/C13H14N2/c1-3-11-4-2-6-13(11)12(5-1)9-15-8-7-14-10-15/h1,3,5,7-8,10H,2,4,6,9H2. The molecule has 2 aromatic rings. The molecule has 0 amide bonds. The van der Waals surface area contributed by atoms with E-state index in [-0.39, 0.29) is 0 Å². The minimum atomic E-state index is 0.961. The molecule has 1 aromatic heterocycles. The van der Waals surface area contributed by atoms with E-state index >= 15 is 0 Å². The lowest BCUT2D eigenvalue weighted by molar-refractivity contribution is 0.786. The Morgan fingerprint density at radius 1 is 1.27 bits per heavy atom. The van der Waals surface area contributed by atoms with Gasteiger partial charge in [-0.15, -0.1) is 0 Å². The quantitative estimate of drug-likeness (QED) is 0.724. The third-order valence-electron chi connectivity index (χ3n) is 3.16. The molecular weight excluding hydrogens is 184 g/mol. The van der Waals surface area contributed by atoms with Crippen LogP contribution in [-0.4, -0.2) is 9.55 Å². The van der Waals surface area contributed by atoms with Crippen LogP contribution in [0.5, 0.6) is 0 Å². The number of fused-ring (bicyclic) bond motifs is 1. The first-order chi connectivity index (χ1) is 7.43. The molecular formula is C13H14N2. The van der Waals surface area contributed by atoms with Gasteiger partial charge in [-0.25, -0.2) is 4.98 Å². The number of aromatic nitrogens is 2. The Labute approximate surface area is 89.6 Å². The topological polar surface area (TPSA) is 17.8 Å². The van der Waals surface area contributed by atoms with E-state index in [1.54, 1.807) is 11.1 Å². The lowest BCUT2D eigenvalue weighted by atomic mass is 10.0. The van der Waals surface area contributed by atoms with E-state index in [9.17, 15) is 0 Å². The number of rotatable bonds is 2. The average Bonchev–Trinajstić information content (AvgIpc) is 2.87. The Kier molecular flexibility index (Phi) is 2.05. The first-order valence-electron chi connectivity index (χ1n) is 5.49. The molecule has 0 N–H and O–H groups in total. The van der Waals surface area contributed by atoms with Crippen LogP contribution in [0.4, 0.5) is 0 Å². The summed E-state index contributed by atoms with van der Waals surface area (Å²) in [7, 11) is 0. The van der Waals surface area contributed by atoms with E-state index in [4.69, 9.17) is 0 Å². The smallest absolute Gasteiger partial charge is 0.0949 e. The van der Waals surface area contributed by atoms with Crippen molar-refractivity contribution < 1.29 is 0 Å². The summed E-state index contributed by atoms with van der Waals surface area (Å²) in [5.74, 6) is 0. The number of hydrogen-bond acceptors (Lipinski definition) is 1. The Balaban J connectivity index is 1.96. The fourth-order valence-electron chi connectivity index (χ4n) is 2.42. The van der Waals surface area contributed by atoms with Gasteiger partial charge in [0.15, 0.2) is 0 Å². The predicted octanol–water partition coefficient (Wildman–Crippen LogP) is 2.42. The molecule has 0 saturated carbocycles. The molecule has 2 heteroatoms. The highest BCUT2D eigenvalue weighted by Crippen LogP contribution is 2.25. The van der Waals surface area contributed by atoms with Crippen molar-refractivity contribution in [1.82, 2.24) is 9.55 Å². The molecule has 15 heavy (non-hydrogen) atoms. The lowest BCUT2D eigenvalue weighted by Crippen LogP contribution is -2.00. The van der Waals surface area contributed by atoms with Gasteiger partial charge in [0.25, 0.3) is 0 Å². The molecule has 0 atom stereocenters. The minimum absolute atomic E-state index is 0.961. The van der Waals surface area contributed by atoms with Gasteiger partial charge in [0, 0.05) is 18.9 Å². The predicted molar refractivity (Wildman–Crippen MR) is 59.8 cm³/mol. The molecule has 0 bridgehead atoms. The molecule has 1 heterocycles. The Hall–Kier alpha value is -1.57. The molecule has 1 aliphatic rings. The van der Waals surface area contributed by atoms with Crippen molar-refractivity contribution in [2.75, 3.05) is 0 Å². The molecule has 0 aliphatic heterocycles. The van der Waals surface area contributed by atoms with E-state index in [2.05, 4.69) is 27.8 Å². The van der Waals surface area contributed by atoms with Gasteiger partial charge >= 0.3 is 0 Å². The first kappa shape index (κ1) is 8.72. The number of hydrogen-bond donors (Lipinski definition) is 0. The van der Waals surface area contributed by atoms with Crippen molar-refractivity contribution in [3.05, 3.63) is 53.6 Å². The van der Waals surface area contributed by atoms with Gasteiger partial charge in [0.05, 0.1) is 6.33 Å². The van der Waals surface area contributed by atoms with Crippen LogP contribution in [0.1, 0.15) is 23.1 Å². The first-order valence-corrected chi connectivity index (χ1v) is 5.49. The maximum Gasteiger partial charge on any atom is 0.0949 e. The van der Waals surface area contributed by atoms with E-state index in [1.165, 1.54) is 24.8 Å². The van der Waals surface area contributed by atoms with Crippen LogP contribution in [0.2, 0.25) is 0 Å². The SMILES string of the molecule is c1cc2c(c(Cn3ccnc3)c1)CCC2. The second kappa shape index (κ2) is 3.54. The van der Waals surface area contributed by atoms with Crippen molar-refractivity contribution >= 4 is 0 Å². The summed E-state index contributed by atoms with van der Waals surface area (Å²) in [4.78, 5) is 4.07. The van der Waals surface area contributed by atoms with Crippen LogP contribution >= 0.6 is 0 Å². The summed E-state index contributed by atoms with van der Waals surface area (Å²) in [6, 6.07) is 6.68. The van der Waals surface area contributed by atoms with Crippen molar-refractivity contribution in [3.8, 4) is 0 Å². The fraction of sp³-hybridized carbons (Fsp3) is 0.308. The van der Waals surface area contributed by atoms with E-state index in [0.29, 0.717) is 0 Å². The van der Waals surface area contributed by atoms with Gasteiger partial charge in [0.2, 0.25) is 0 Å². The average molecular weight is 198 g/mol. The van der Waals surface area contributed by atoms with Crippen molar-refractivity contribution in [3.63, 3.8) is 0 Å². The molecule has 1 aliphatic carbocycles. The zero-order valence-electron chi connectivity index (χ0n) is 8.69. The van der Waals surface area contributed by atoms with E-state index in [0.717, 1.165) is 6.54 Å². The molecule has 0 radical (unpaired) electrons. The lowest BCUT2D eigenvalue weighted by Gasteiger charge is -2.08. The maximum atomic E-state index is 4.07. The van der Waals surface area contributed by atoms with Crippen LogP contribution < -0.4 is 0 Å². The summed E-state index contributed by atoms with van der Waals surface area (Å²) in [6.45, 7) is 0.961. The molecule has 76 valence electrons. The number of imidazole rings is 1. The normalized spacial score (nSPS) is 14.1. The zero-order valence-corrected chi connectivity index (χ0v) is 8.69. The molecule has 0 spiro atoms.